The summed E-state index contributed by atoms with van der Waals surface area (Å²) < 4.78 is 1.16. The molecule has 0 rings (SSSR count). The minimum Gasteiger partial charge on any atom is -0.326 e. The fraction of sp³-hybridized carbons (Fsp3) is 1.00. The van der Waals surface area contributed by atoms with Crippen LogP contribution in [0.2, 0.25) is 0 Å². The van der Waals surface area contributed by atoms with E-state index in [4.69, 9.17) is 5.73 Å². The van der Waals surface area contributed by atoms with Gasteiger partial charge < -0.3 is 10.2 Å². The first-order valence-corrected chi connectivity index (χ1v) is 4.72. The van der Waals surface area contributed by atoms with Crippen molar-refractivity contribution in [2.45, 2.75) is 26.7 Å². The smallest absolute Gasteiger partial charge is 0.0909 e. The second-order valence-corrected chi connectivity index (χ2v) is 3.58. The lowest BCUT2D eigenvalue weighted by Gasteiger charge is -2.33. The summed E-state index contributed by atoms with van der Waals surface area (Å²) in [5, 5.41) is 0. The molecule has 0 radical (unpaired) electrons. The summed E-state index contributed by atoms with van der Waals surface area (Å²) in [7, 11) is 2.31. The zero-order valence-electron chi connectivity index (χ0n) is 8.27. The number of nitrogens with zero attached hydrogens (tertiary/aromatic N) is 1. The van der Waals surface area contributed by atoms with Crippen molar-refractivity contribution in [2.24, 2.45) is 5.73 Å². The Balaban J connectivity index is 3.79. The normalized spacial score (nSPS) is 12.0. The molecule has 0 aliphatic rings. The van der Waals surface area contributed by atoms with E-state index in [1.807, 2.05) is 0 Å². The third-order valence-electron chi connectivity index (χ3n) is 2.20. The van der Waals surface area contributed by atoms with Gasteiger partial charge in [-0.3, -0.25) is 0 Å². The predicted octanol–water partition coefficient (Wildman–Crippen LogP) is 1.21. The van der Waals surface area contributed by atoms with Crippen molar-refractivity contribution in [1.82, 2.24) is 0 Å². The molecule has 0 aliphatic heterocycles. The Morgan fingerprint density at radius 2 is 1.45 bits per heavy atom. The van der Waals surface area contributed by atoms with Gasteiger partial charge in [0.05, 0.1) is 26.7 Å². The van der Waals surface area contributed by atoms with Crippen LogP contribution in [0.3, 0.4) is 0 Å². The zero-order chi connectivity index (χ0) is 8.74. The average Bonchev–Trinajstić information content (AvgIpc) is 1.88. The van der Waals surface area contributed by atoms with E-state index in [9.17, 15) is 0 Å². The van der Waals surface area contributed by atoms with E-state index in [1.165, 1.54) is 25.9 Å². The monoisotopic (exact) mass is 159 g/mol. The standard InChI is InChI=1S/C9H23N2/c1-4-7-11(3,8-5-2)9-6-10/h4-10H2,1-3H3/q+1. The number of hydrogen-bond acceptors (Lipinski definition) is 1. The van der Waals surface area contributed by atoms with Gasteiger partial charge in [-0.15, -0.1) is 0 Å². The fourth-order valence-corrected chi connectivity index (χ4v) is 1.73. The van der Waals surface area contributed by atoms with Crippen LogP contribution >= 0.6 is 0 Å². The van der Waals surface area contributed by atoms with Gasteiger partial charge in [-0.2, -0.15) is 0 Å². The topological polar surface area (TPSA) is 26.0 Å². The van der Waals surface area contributed by atoms with Gasteiger partial charge in [0.2, 0.25) is 0 Å². The van der Waals surface area contributed by atoms with Gasteiger partial charge in [-0.25, -0.2) is 0 Å². The average molecular weight is 159 g/mol. The second kappa shape index (κ2) is 5.56. The molecule has 0 bridgehead atoms. The summed E-state index contributed by atoms with van der Waals surface area (Å²) in [6.45, 7) is 8.96. The molecule has 0 atom stereocenters. The minimum absolute atomic E-state index is 0.816. The number of hydrogen-bond donors (Lipinski definition) is 1. The van der Waals surface area contributed by atoms with E-state index in [1.54, 1.807) is 0 Å². The number of quaternary nitrogens is 1. The van der Waals surface area contributed by atoms with Crippen LogP contribution in [0.25, 0.3) is 0 Å². The van der Waals surface area contributed by atoms with E-state index in [0.29, 0.717) is 0 Å². The first-order chi connectivity index (χ1) is 5.18. The van der Waals surface area contributed by atoms with Crippen LogP contribution in [0.1, 0.15) is 26.7 Å². The summed E-state index contributed by atoms with van der Waals surface area (Å²) >= 11 is 0. The molecule has 0 fully saturated rings. The van der Waals surface area contributed by atoms with Gasteiger partial charge in [-0.1, -0.05) is 13.8 Å². The summed E-state index contributed by atoms with van der Waals surface area (Å²) in [4.78, 5) is 0. The molecule has 2 heteroatoms. The quantitative estimate of drug-likeness (QED) is 0.579. The van der Waals surface area contributed by atoms with Gasteiger partial charge >= 0.3 is 0 Å². The van der Waals surface area contributed by atoms with Gasteiger partial charge in [0.15, 0.2) is 0 Å². The van der Waals surface area contributed by atoms with Crippen LogP contribution in [0.4, 0.5) is 0 Å². The highest BCUT2D eigenvalue weighted by atomic mass is 15.3. The van der Waals surface area contributed by atoms with Crippen molar-refractivity contribution in [3.05, 3.63) is 0 Å². The molecule has 68 valence electrons. The Kier molecular flexibility index (Phi) is 5.51. The lowest BCUT2D eigenvalue weighted by atomic mass is 10.3. The minimum atomic E-state index is 0.816. The van der Waals surface area contributed by atoms with Gasteiger partial charge in [0.1, 0.15) is 0 Å². The van der Waals surface area contributed by atoms with Crippen molar-refractivity contribution in [1.29, 1.82) is 0 Å². The molecule has 0 unspecified atom stereocenters. The molecule has 0 aromatic rings. The lowest BCUT2D eigenvalue weighted by Crippen LogP contribution is -2.48. The highest BCUT2D eigenvalue weighted by molar-refractivity contribution is 4.40. The molecule has 0 heterocycles. The molecule has 0 aromatic carbocycles. The summed E-state index contributed by atoms with van der Waals surface area (Å²) in [6.07, 6.45) is 2.52. The number of nitrogens with two attached hydrogens (primary N) is 1. The maximum atomic E-state index is 5.56. The van der Waals surface area contributed by atoms with E-state index in [2.05, 4.69) is 20.9 Å². The van der Waals surface area contributed by atoms with Crippen molar-refractivity contribution < 1.29 is 4.48 Å². The molecular weight excluding hydrogens is 136 g/mol. The third kappa shape index (κ3) is 4.38. The van der Waals surface area contributed by atoms with E-state index >= 15 is 0 Å². The molecule has 0 aromatic heterocycles. The summed E-state index contributed by atoms with van der Waals surface area (Å²) in [6, 6.07) is 0. The molecular formula is C9H23N2+. The lowest BCUT2D eigenvalue weighted by molar-refractivity contribution is -0.908. The molecule has 11 heavy (non-hydrogen) atoms. The third-order valence-corrected chi connectivity index (χ3v) is 2.20. The fourth-order valence-electron chi connectivity index (χ4n) is 1.73. The summed E-state index contributed by atoms with van der Waals surface area (Å²) in [5.74, 6) is 0. The number of likely N-dealkylation sites (N-methyl/N-ethyl adjacent to an activating group) is 1. The van der Waals surface area contributed by atoms with E-state index in [0.717, 1.165) is 17.6 Å². The molecule has 2 nitrogen and oxygen atoms in total. The molecule has 0 aliphatic carbocycles. The maximum Gasteiger partial charge on any atom is 0.0909 e. The highest BCUT2D eigenvalue weighted by Gasteiger charge is 2.17. The van der Waals surface area contributed by atoms with Crippen LogP contribution in [-0.2, 0) is 0 Å². The molecule has 0 amide bonds. The Morgan fingerprint density at radius 3 is 1.73 bits per heavy atom. The Hall–Kier alpha value is -0.0800. The van der Waals surface area contributed by atoms with E-state index < -0.39 is 0 Å². The van der Waals surface area contributed by atoms with E-state index in [-0.39, 0.29) is 0 Å². The van der Waals surface area contributed by atoms with Crippen LogP contribution in [0.15, 0.2) is 0 Å². The van der Waals surface area contributed by atoms with Crippen molar-refractivity contribution >= 4 is 0 Å². The predicted molar refractivity (Wildman–Crippen MR) is 50.4 cm³/mol. The van der Waals surface area contributed by atoms with Crippen molar-refractivity contribution in [3.63, 3.8) is 0 Å². The first-order valence-electron chi connectivity index (χ1n) is 4.72. The maximum absolute atomic E-state index is 5.56. The van der Waals surface area contributed by atoms with Crippen LogP contribution in [-0.4, -0.2) is 37.7 Å². The van der Waals surface area contributed by atoms with Crippen molar-refractivity contribution in [3.8, 4) is 0 Å². The highest BCUT2D eigenvalue weighted by Crippen LogP contribution is 2.04. The number of rotatable bonds is 6. The molecule has 0 spiro atoms. The van der Waals surface area contributed by atoms with Crippen LogP contribution in [0.5, 0.6) is 0 Å². The largest absolute Gasteiger partial charge is 0.326 e. The van der Waals surface area contributed by atoms with Crippen LogP contribution < -0.4 is 5.73 Å². The molecule has 0 saturated carbocycles. The second-order valence-electron chi connectivity index (χ2n) is 3.58. The molecule has 0 saturated heterocycles. The zero-order valence-corrected chi connectivity index (χ0v) is 8.27. The van der Waals surface area contributed by atoms with Gasteiger partial charge in [-0.05, 0) is 12.8 Å². The summed E-state index contributed by atoms with van der Waals surface area (Å²) in [5.41, 5.74) is 5.56. The Morgan fingerprint density at radius 1 is 1.00 bits per heavy atom. The Labute approximate surface area is 71.0 Å². The van der Waals surface area contributed by atoms with Gasteiger partial charge in [0.25, 0.3) is 0 Å². The van der Waals surface area contributed by atoms with Crippen molar-refractivity contribution in [2.75, 3.05) is 33.2 Å². The van der Waals surface area contributed by atoms with Crippen LogP contribution in [0, 0.1) is 0 Å². The Bertz CT molecular complexity index is 74.5. The molecule has 2 N–H and O–H groups in total. The SMILES string of the molecule is CCC[N+](C)(CCC)CCN. The first kappa shape index (κ1) is 10.9. The van der Waals surface area contributed by atoms with Gasteiger partial charge in [0, 0.05) is 6.54 Å².